The number of nitrogens with one attached hydrogen (secondary N) is 1. The fourth-order valence-electron chi connectivity index (χ4n) is 2.25. The van der Waals surface area contributed by atoms with E-state index in [1.165, 1.54) is 16.5 Å². The molecule has 1 N–H and O–H groups in total. The Hall–Kier alpha value is -2.59. The van der Waals surface area contributed by atoms with Crippen molar-refractivity contribution < 1.29 is 19.5 Å². The van der Waals surface area contributed by atoms with Crippen molar-refractivity contribution in [1.82, 2.24) is 0 Å². The molecule has 2 aromatic rings. The molecule has 1 unspecified atom stereocenters. The highest BCUT2D eigenvalue weighted by molar-refractivity contribution is 5.83. The van der Waals surface area contributed by atoms with Crippen LogP contribution in [0.3, 0.4) is 0 Å². The Morgan fingerprint density at radius 2 is 1.96 bits per heavy atom. The van der Waals surface area contributed by atoms with Gasteiger partial charge in [-0.1, -0.05) is 48.5 Å². The fourth-order valence-corrected chi connectivity index (χ4v) is 2.25. The molecule has 0 aliphatic carbocycles. The summed E-state index contributed by atoms with van der Waals surface area (Å²) < 4.78 is 5.74. The number of benzene rings is 2. The SMILES string of the molecule is C[NH+](CCOc1cccc(/C=C/C(=O)[O-])c1)Cc1ccccc1. The summed E-state index contributed by atoms with van der Waals surface area (Å²) in [6.07, 6.45) is 2.51. The van der Waals surface area contributed by atoms with Gasteiger partial charge < -0.3 is 19.5 Å². The zero-order chi connectivity index (χ0) is 16.5. The van der Waals surface area contributed by atoms with Gasteiger partial charge in [-0.25, -0.2) is 0 Å². The van der Waals surface area contributed by atoms with E-state index in [0.29, 0.717) is 6.61 Å². The number of aliphatic carboxylic acids is 1. The maximum absolute atomic E-state index is 10.4. The molecule has 0 fully saturated rings. The lowest BCUT2D eigenvalue weighted by Crippen LogP contribution is -3.08. The number of carboxylic acids is 1. The van der Waals surface area contributed by atoms with E-state index in [0.717, 1.165) is 30.5 Å². The predicted molar refractivity (Wildman–Crippen MR) is 87.9 cm³/mol. The minimum Gasteiger partial charge on any atom is -0.545 e. The van der Waals surface area contributed by atoms with Crippen LogP contribution in [0.1, 0.15) is 11.1 Å². The topological polar surface area (TPSA) is 53.8 Å². The summed E-state index contributed by atoms with van der Waals surface area (Å²) in [5, 5.41) is 10.4. The lowest BCUT2D eigenvalue weighted by Gasteiger charge is -2.14. The predicted octanol–water partition coefficient (Wildman–Crippen LogP) is 0.543. The minimum atomic E-state index is -1.21. The maximum atomic E-state index is 10.4. The van der Waals surface area contributed by atoms with Gasteiger partial charge in [0.05, 0.1) is 13.0 Å². The number of likely N-dealkylation sites (N-methyl/N-ethyl adjacent to an activating group) is 1. The molecule has 2 aromatic carbocycles. The van der Waals surface area contributed by atoms with Gasteiger partial charge in [-0.05, 0) is 23.8 Å². The molecule has 0 aliphatic heterocycles. The first-order valence-electron chi connectivity index (χ1n) is 7.60. The summed E-state index contributed by atoms with van der Waals surface area (Å²) in [6.45, 7) is 2.44. The van der Waals surface area contributed by atoms with Gasteiger partial charge in [-0.2, -0.15) is 0 Å². The molecule has 0 aliphatic rings. The highest BCUT2D eigenvalue weighted by Gasteiger charge is 2.04. The van der Waals surface area contributed by atoms with Crippen molar-refractivity contribution in [3.05, 3.63) is 71.8 Å². The van der Waals surface area contributed by atoms with E-state index in [2.05, 4.69) is 19.2 Å². The molecular weight excluding hydrogens is 290 g/mol. The number of carbonyl (C=O) groups excluding carboxylic acids is 1. The van der Waals surface area contributed by atoms with Crippen LogP contribution in [0.2, 0.25) is 0 Å². The molecule has 4 heteroatoms. The van der Waals surface area contributed by atoms with Crippen molar-refractivity contribution in [3.8, 4) is 5.75 Å². The van der Waals surface area contributed by atoms with Gasteiger partial charge in [0, 0.05) is 5.56 Å². The average Bonchev–Trinajstić information content (AvgIpc) is 2.54. The van der Waals surface area contributed by atoms with Gasteiger partial charge in [-0.3, -0.25) is 0 Å². The van der Waals surface area contributed by atoms with Gasteiger partial charge in [0.15, 0.2) is 0 Å². The van der Waals surface area contributed by atoms with Crippen LogP contribution in [-0.2, 0) is 11.3 Å². The number of ether oxygens (including phenoxy) is 1. The Morgan fingerprint density at radius 3 is 2.70 bits per heavy atom. The molecule has 120 valence electrons. The van der Waals surface area contributed by atoms with Crippen molar-refractivity contribution in [3.63, 3.8) is 0 Å². The average molecular weight is 311 g/mol. The molecule has 0 spiro atoms. The summed E-state index contributed by atoms with van der Waals surface area (Å²) >= 11 is 0. The standard InChI is InChI=1S/C19H21NO3/c1-20(15-17-6-3-2-4-7-17)12-13-23-18-9-5-8-16(14-18)10-11-19(21)22/h2-11,14H,12-13,15H2,1H3,(H,21,22)/b11-10+. The van der Waals surface area contributed by atoms with Crippen LogP contribution >= 0.6 is 0 Å². The molecule has 0 saturated heterocycles. The largest absolute Gasteiger partial charge is 0.545 e. The lowest BCUT2D eigenvalue weighted by molar-refractivity contribution is -0.893. The normalized spacial score (nSPS) is 12.2. The molecule has 0 amide bonds. The summed E-state index contributed by atoms with van der Waals surface area (Å²) in [6, 6.07) is 17.7. The van der Waals surface area contributed by atoms with Crippen LogP contribution in [-0.4, -0.2) is 26.2 Å². The van der Waals surface area contributed by atoms with E-state index in [-0.39, 0.29) is 0 Å². The summed E-state index contributed by atoms with van der Waals surface area (Å²) in [5.74, 6) is -0.472. The third kappa shape index (κ3) is 6.36. The Kier molecular flexibility index (Phi) is 6.39. The Labute approximate surface area is 136 Å². The third-order valence-corrected chi connectivity index (χ3v) is 3.42. The molecule has 0 bridgehead atoms. The lowest BCUT2D eigenvalue weighted by atomic mass is 10.2. The minimum absolute atomic E-state index is 0.603. The highest BCUT2D eigenvalue weighted by atomic mass is 16.5. The first-order valence-corrected chi connectivity index (χ1v) is 7.60. The van der Waals surface area contributed by atoms with E-state index in [4.69, 9.17) is 4.74 Å². The van der Waals surface area contributed by atoms with E-state index in [9.17, 15) is 9.90 Å². The van der Waals surface area contributed by atoms with Crippen molar-refractivity contribution in [2.45, 2.75) is 6.54 Å². The number of hydrogen-bond acceptors (Lipinski definition) is 3. The summed E-state index contributed by atoms with van der Waals surface area (Å²) in [4.78, 5) is 11.8. The number of carboxylic acid groups (broad SMARTS) is 1. The Balaban J connectivity index is 1.79. The van der Waals surface area contributed by atoms with Crippen LogP contribution in [0.15, 0.2) is 60.7 Å². The zero-order valence-corrected chi connectivity index (χ0v) is 13.2. The van der Waals surface area contributed by atoms with Crippen molar-refractivity contribution in [2.75, 3.05) is 20.2 Å². The molecule has 2 rings (SSSR count). The molecule has 0 aromatic heterocycles. The van der Waals surface area contributed by atoms with Crippen LogP contribution in [0, 0.1) is 0 Å². The zero-order valence-electron chi connectivity index (χ0n) is 13.2. The smallest absolute Gasteiger partial charge is 0.137 e. The number of carbonyl (C=O) groups is 1. The van der Waals surface area contributed by atoms with Crippen molar-refractivity contribution in [1.29, 1.82) is 0 Å². The summed E-state index contributed by atoms with van der Waals surface area (Å²) in [7, 11) is 2.13. The van der Waals surface area contributed by atoms with E-state index < -0.39 is 5.97 Å². The fraction of sp³-hybridized carbons (Fsp3) is 0.211. The Morgan fingerprint density at radius 1 is 1.17 bits per heavy atom. The van der Waals surface area contributed by atoms with Gasteiger partial charge in [0.25, 0.3) is 0 Å². The third-order valence-electron chi connectivity index (χ3n) is 3.42. The first kappa shape index (κ1) is 16.8. The van der Waals surface area contributed by atoms with Crippen molar-refractivity contribution in [2.24, 2.45) is 0 Å². The molecule has 0 saturated carbocycles. The van der Waals surface area contributed by atoms with E-state index in [1.54, 1.807) is 0 Å². The van der Waals surface area contributed by atoms with E-state index in [1.807, 2.05) is 42.5 Å². The molecular formula is C19H21NO3. The molecule has 0 heterocycles. The van der Waals surface area contributed by atoms with Gasteiger partial charge in [0.2, 0.25) is 0 Å². The molecule has 4 nitrogen and oxygen atoms in total. The quantitative estimate of drug-likeness (QED) is 0.724. The first-order chi connectivity index (χ1) is 11.1. The Bertz CT molecular complexity index is 653. The van der Waals surface area contributed by atoms with Crippen LogP contribution < -0.4 is 14.7 Å². The summed E-state index contributed by atoms with van der Waals surface area (Å²) in [5.41, 5.74) is 2.08. The van der Waals surface area contributed by atoms with Crippen LogP contribution in [0.25, 0.3) is 6.08 Å². The monoisotopic (exact) mass is 311 g/mol. The second-order valence-corrected chi connectivity index (χ2v) is 5.44. The van der Waals surface area contributed by atoms with E-state index >= 15 is 0 Å². The highest BCUT2D eigenvalue weighted by Crippen LogP contribution is 2.14. The van der Waals surface area contributed by atoms with Gasteiger partial charge in [-0.15, -0.1) is 0 Å². The molecule has 23 heavy (non-hydrogen) atoms. The number of rotatable bonds is 8. The number of quaternary nitrogens is 1. The molecule has 0 radical (unpaired) electrons. The van der Waals surface area contributed by atoms with Crippen LogP contribution in [0.4, 0.5) is 0 Å². The van der Waals surface area contributed by atoms with Crippen molar-refractivity contribution >= 4 is 12.0 Å². The second kappa shape index (κ2) is 8.76. The molecule has 1 atom stereocenters. The van der Waals surface area contributed by atoms with Gasteiger partial charge in [0.1, 0.15) is 25.4 Å². The number of hydrogen-bond donors (Lipinski definition) is 1. The maximum Gasteiger partial charge on any atom is 0.137 e. The van der Waals surface area contributed by atoms with Gasteiger partial charge >= 0.3 is 0 Å². The van der Waals surface area contributed by atoms with Crippen LogP contribution in [0.5, 0.6) is 5.75 Å². The second-order valence-electron chi connectivity index (χ2n) is 5.44.